The largest absolute Gasteiger partial charge is 0.368 e. The summed E-state index contributed by atoms with van der Waals surface area (Å²) in [4.78, 5) is 41.2. The predicted molar refractivity (Wildman–Crippen MR) is 85.4 cm³/mol. The number of nitro groups is 1. The molecule has 0 saturated heterocycles. The van der Waals surface area contributed by atoms with Crippen molar-refractivity contribution in [1.29, 1.82) is 0 Å². The molecule has 2 aromatic rings. The van der Waals surface area contributed by atoms with Crippen LogP contribution in [0.3, 0.4) is 0 Å². The van der Waals surface area contributed by atoms with Crippen molar-refractivity contribution in [3.63, 3.8) is 0 Å². The molecule has 3 rings (SSSR count). The van der Waals surface area contributed by atoms with E-state index >= 15 is 0 Å². The van der Waals surface area contributed by atoms with Crippen LogP contribution < -0.4 is 10.6 Å². The van der Waals surface area contributed by atoms with Crippen molar-refractivity contribution in [3.05, 3.63) is 34.6 Å². The Kier molecular flexibility index (Phi) is 4.32. The van der Waals surface area contributed by atoms with E-state index in [1.807, 2.05) is 0 Å². The van der Waals surface area contributed by atoms with E-state index in [1.165, 1.54) is 18.5 Å². The zero-order chi connectivity index (χ0) is 17.1. The predicted octanol–water partition coefficient (Wildman–Crippen LogP) is 1.05. The van der Waals surface area contributed by atoms with Crippen LogP contribution in [0, 0.1) is 16.0 Å². The molecule has 0 spiro atoms. The number of rotatable bonds is 6. The van der Waals surface area contributed by atoms with Crippen LogP contribution in [-0.2, 0) is 9.59 Å². The lowest BCUT2D eigenvalue weighted by Gasteiger charge is -2.22. The number of aromatic nitrogens is 2. The lowest BCUT2D eigenvalue weighted by atomic mass is 9.83. The van der Waals surface area contributed by atoms with Crippen molar-refractivity contribution in [2.75, 3.05) is 18.4 Å². The van der Waals surface area contributed by atoms with E-state index in [9.17, 15) is 19.7 Å². The van der Waals surface area contributed by atoms with Crippen molar-refractivity contribution in [2.45, 2.75) is 12.8 Å². The van der Waals surface area contributed by atoms with Gasteiger partial charge in [0.2, 0.25) is 5.91 Å². The molecule has 1 aliphatic carbocycles. The van der Waals surface area contributed by atoms with E-state index in [-0.39, 0.29) is 23.3 Å². The molecular formula is C15H15N5O4. The summed E-state index contributed by atoms with van der Waals surface area (Å²) < 4.78 is 0. The number of amides is 1. The maximum atomic E-state index is 11.7. The molecule has 0 bridgehead atoms. The van der Waals surface area contributed by atoms with Gasteiger partial charge in [0, 0.05) is 43.5 Å². The summed E-state index contributed by atoms with van der Waals surface area (Å²) in [6, 6.07) is 4.37. The van der Waals surface area contributed by atoms with Crippen molar-refractivity contribution in [2.24, 2.45) is 5.92 Å². The molecule has 9 heteroatoms. The molecule has 1 heterocycles. The van der Waals surface area contributed by atoms with E-state index in [2.05, 4.69) is 20.6 Å². The first kappa shape index (κ1) is 15.8. The number of nitrogens with one attached hydrogen (secondary N) is 2. The summed E-state index contributed by atoms with van der Waals surface area (Å²) >= 11 is 0. The zero-order valence-electron chi connectivity index (χ0n) is 12.7. The van der Waals surface area contributed by atoms with Gasteiger partial charge in [0.05, 0.1) is 16.4 Å². The minimum absolute atomic E-state index is 0.0386. The third-order valence-electron chi connectivity index (χ3n) is 3.87. The monoisotopic (exact) mass is 329 g/mol. The summed E-state index contributed by atoms with van der Waals surface area (Å²) in [6.07, 6.45) is 2.01. The molecule has 0 radical (unpaired) electrons. The average Bonchev–Trinajstić information content (AvgIpc) is 2.55. The Morgan fingerprint density at radius 1 is 1.29 bits per heavy atom. The number of anilines is 1. The first-order chi connectivity index (χ1) is 11.5. The maximum absolute atomic E-state index is 11.7. The lowest BCUT2D eigenvalue weighted by molar-refractivity contribution is -0.384. The number of nitro benzene ring substituents is 1. The molecule has 0 unspecified atom stereocenters. The van der Waals surface area contributed by atoms with Gasteiger partial charge in [-0.2, -0.15) is 0 Å². The highest BCUT2D eigenvalue weighted by atomic mass is 16.6. The van der Waals surface area contributed by atoms with Gasteiger partial charge in [-0.3, -0.25) is 19.7 Å². The van der Waals surface area contributed by atoms with Gasteiger partial charge in [-0.1, -0.05) is 0 Å². The Hall–Kier alpha value is -3.10. The van der Waals surface area contributed by atoms with Gasteiger partial charge in [-0.25, -0.2) is 9.97 Å². The first-order valence-corrected chi connectivity index (χ1v) is 7.47. The fourth-order valence-corrected chi connectivity index (χ4v) is 2.49. The van der Waals surface area contributed by atoms with E-state index in [0.29, 0.717) is 42.7 Å². The smallest absolute Gasteiger partial charge is 0.270 e. The molecule has 124 valence electrons. The normalized spacial score (nSPS) is 14.2. The Labute approximate surface area is 136 Å². The van der Waals surface area contributed by atoms with Crippen molar-refractivity contribution in [1.82, 2.24) is 15.3 Å². The van der Waals surface area contributed by atoms with Crippen LogP contribution in [0.1, 0.15) is 12.8 Å². The van der Waals surface area contributed by atoms with Crippen LogP contribution in [0.4, 0.5) is 11.5 Å². The molecule has 24 heavy (non-hydrogen) atoms. The second-order valence-electron chi connectivity index (χ2n) is 5.54. The van der Waals surface area contributed by atoms with Gasteiger partial charge in [-0.05, 0) is 6.07 Å². The average molecular weight is 329 g/mol. The SMILES string of the molecule is O=C1CC(C(=O)NCCNc2ncnc3ccc([N+](=O)[O-])cc23)C1. The number of Topliss-reactive ketones (excluding diaryl/α,β-unsaturated/α-hetero) is 1. The Bertz CT molecular complexity index is 815. The Balaban J connectivity index is 1.60. The number of carbonyl (C=O) groups is 2. The number of hydrogen-bond donors (Lipinski definition) is 2. The number of non-ortho nitro benzene ring substituents is 1. The molecule has 0 atom stereocenters. The van der Waals surface area contributed by atoms with E-state index < -0.39 is 4.92 Å². The van der Waals surface area contributed by atoms with E-state index in [0.717, 1.165) is 0 Å². The molecule has 1 aliphatic rings. The van der Waals surface area contributed by atoms with Gasteiger partial charge in [0.15, 0.2) is 0 Å². The van der Waals surface area contributed by atoms with Gasteiger partial charge >= 0.3 is 0 Å². The van der Waals surface area contributed by atoms with Crippen LogP contribution in [0.25, 0.3) is 10.9 Å². The third kappa shape index (κ3) is 3.29. The fourth-order valence-electron chi connectivity index (χ4n) is 2.49. The van der Waals surface area contributed by atoms with E-state index in [1.54, 1.807) is 6.07 Å². The van der Waals surface area contributed by atoms with Gasteiger partial charge < -0.3 is 10.6 Å². The van der Waals surface area contributed by atoms with E-state index in [4.69, 9.17) is 0 Å². The number of ketones is 1. The van der Waals surface area contributed by atoms with Crippen LogP contribution in [0.5, 0.6) is 0 Å². The third-order valence-corrected chi connectivity index (χ3v) is 3.87. The summed E-state index contributed by atoms with van der Waals surface area (Å²) in [7, 11) is 0. The van der Waals surface area contributed by atoms with Crippen molar-refractivity contribution >= 4 is 34.1 Å². The second kappa shape index (κ2) is 6.57. The van der Waals surface area contributed by atoms with Crippen LogP contribution in [0.15, 0.2) is 24.5 Å². The van der Waals surface area contributed by atoms with Gasteiger partial charge in [-0.15, -0.1) is 0 Å². The molecule has 2 N–H and O–H groups in total. The first-order valence-electron chi connectivity index (χ1n) is 7.47. The van der Waals surface area contributed by atoms with Crippen LogP contribution in [0.2, 0.25) is 0 Å². The van der Waals surface area contributed by atoms with Crippen LogP contribution >= 0.6 is 0 Å². The summed E-state index contributed by atoms with van der Waals surface area (Å²) in [6.45, 7) is 0.769. The minimum atomic E-state index is -0.476. The quantitative estimate of drug-likeness (QED) is 0.460. The summed E-state index contributed by atoms with van der Waals surface area (Å²) in [5.41, 5.74) is 0.554. The fraction of sp³-hybridized carbons (Fsp3) is 0.333. The second-order valence-corrected chi connectivity index (χ2v) is 5.54. The molecule has 0 aliphatic heterocycles. The van der Waals surface area contributed by atoms with Gasteiger partial charge in [0.1, 0.15) is 17.9 Å². The number of nitrogens with zero attached hydrogens (tertiary/aromatic N) is 3. The van der Waals surface area contributed by atoms with Crippen LogP contribution in [-0.4, -0.2) is 39.7 Å². The standard InChI is InChI=1S/C15H15N5O4/c21-11-5-9(6-11)15(22)17-4-3-16-14-12-7-10(20(23)24)1-2-13(12)18-8-19-14/h1-2,7-9H,3-6H2,(H,17,22)(H,16,18,19). The molecular weight excluding hydrogens is 314 g/mol. The molecule has 9 nitrogen and oxygen atoms in total. The number of carbonyl (C=O) groups excluding carboxylic acids is 2. The minimum Gasteiger partial charge on any atom is -0.368 e. The zero-order valence-corrected chi connectivity index (χ0v) is 12.7. The van der Waals surface area contributed by atoms with Gasteiger partial charge in [0.25, 0.3) is 5.69 Å². The molecule has 1 aromatic carbocycles. The van der Waals surface area contributed by atoms with Crippen molar-refractivity contribution < 1.29 is 14.5 Å². The molecule has 1 amide bonds. The molecule has 1 aromatic heterocycles. The number of benzene rings is 1. The summed E-state index contributed by atoms with van der Waals surface area (Å²) in [5.74, 6) is 0.249. The topological polar surface area (TPSA) is 127 Å². The van der Waals surface area contributed by atoms with Crippen molar-refractivity contribution in [3.8, 4) is 0 Å². The Morgan fingerprint density at radius 2 is 2.08 bits per heavy atom. The molecule has 1 fully saturated rings. The highest BCUT2D eigenvalue weighted by Crippen LogP contribution is 2.24. The molecule has 1 saturated carbocycles. The highest BCUT2D eigenvalue weighted by Gasteiger charge is 2.32. The number of fused-ring (bicyclic) bond motifs is 1. The maximum Gasteiger partial charge on any atom is 0.270 e. The Morgan fingerprint density at radius 3 is 2.79 bits per heavy atom. The lowest BCUT2D eigenvalue weighted by Crippen LogP contribution is -2.40. The number of hydrogen-bond acceptors (Lipinski definition) is 7. The highest BCUT2D eigenvalue weighted by molar-refractivity contribution is 5.96. The summed E-state index contributed by atoms with van der Waals surface area (Å²) in [5, 5.41) is 17.2.